The second-order valence-corrected chi connectivity index (χ2v) is 8.04. The van der Waals surface area contributed by atoms with Crippen LogP contribution in [0.2, 0.25) is 0 Å². The zero-order chi connectivity index (χ0) is 20.9. The summed E-state index contributed by atoms with van der Waals surface area (Å²) in [5.74, 6) is 1.24. The lowest BCUT2D eigenvalue weighted by molar-refractivity contribution is -0.113. The Bertz CT molecular complexity index is 1100. The second kappa shape index (κ2) is 9.11. The van der Waals surface area contributed by atoms with Crippen molar-refractivity contribution in [3.05, 3.63) is 89.1 Å². The minimum Gasteiger partial charge on any atom is -0.497 e. The molecule has 3 aromatic rings. The first kappa shape index (κ1) is 20.1. The van der Waals surface area contributed by atoms with Gasteiger partial charge in [-0.1, -0.05) is 48.2 Å². The van der Waals surface area contributed by atoms with E-state index in [0.29, 0.717) is 27.3 Å². The van der Waals surface area contributed by atoms with Gasteiger partial charge in [-0.15, -0.1) is 0 Å². The van der Waals surface area contributed by atoms with Gasteiger partial charge in [0.1, 0.15) is 18.1 Å². The quantitative estimate of drug-likeness (QED) is 0.399. The molecule has 2 aromatic carbocycles. The van der Waals surface area contributed by atoms with Crippen molar-refractivity contribution in [2.75, 3.05) is 12.0 Å². The molecule has 1 fully saturated rings. The second-order valence-electron chi connectivity index (χ2n) is 6.36. The summed E-state index contributed by atoms with van der Waals surface area (Å²) in [5, 5.41) is 0. The van der Waals surface area contributed by atoms with Crippen molar-refractivity contribution in [3.63, 3.8) is 0 Å². The molecule has 0 atom stereocenters. The van der Waals surface area contributed by atoms with Crippen LogP contribution in [-0.2, 0) is 11.4 Å². The fraction of sp³-hybridized carbons (Fsp3) is 0.0870. The summed E-state index contributed by atoms with van der Waals surface area (Å²) in [6.07, 6.45) is 3.55. The number of thioether (sulfide) groups is 1. The molecule has 0 unspecified atom stereocenters. The fourth-order valence-electron chi connectivity index (χ4n) is 2.93. The molecule has 0 N–H and O–H groups in total. The lowest BCUT2D eigenvalue weighted by Gasteiger charge is -2.14. The predicted molar refractivity (Wildman–Crippen MR) is 124 cm³/mol. The van der Waals surface area contributed by atoms with E-state index in [0.717, 1.165) is 17.0 Å². The number of carbonyl (C=O) groups excluding carboxylic acids is 1. The molecule has 0 spiro atoms. The standard InChI is InChI=1S/C23H18N2O3S2/c1-27-19-11-9-18(10-12-19)25-22(26)21(30-23(25)29)14-16-6-2-3-8-20(16)28-15-17-7-4-5-13-24-17/h2-14H,15H2,1H3/b21-14+. The van der Waals surface area contributed by atoms with Crippen LogP contribution in [0.1, 0.15) is 11.3 Å². The molecule has 7 heteroatoms. The van der Waals surface area contributed by atoms with Crippen molar-refractivity contribution in [3.8, 4) is 11.5 Å². The van der Waals surface area contributed by atoms with E-state index in [1.165, 1.54) is 16.7 Å². The van der Waals surface area contributed by atoms with Crippen molar-refractivity contribution < 1.29 is 14.3 Å². The van der Waals surface area contributed by atoms with Gasteiger partial charge in [0.2, 0.25) is 0 Å². The number of thiocarbonyl (C=S) groups is 1. The number of hydrogen-bond donors (Lipinski definition) is 0. The van der Waals surface area contributed by atoms with Crippen LogP contribution in [0.4, 0.5) is 5.69 Å². The lowest BCUT2D eigenvalue weighted by atomic mass is 10.2. The Morgan fingerprint density at radius 2 is 1.83 bits per heavy atom. The van der Waals surface area contributed by atoms with Crippen molar-refractivity contribution in [1.82, 2.24) is 4.98 Å². The smallest absolute Gasteiger partial charge is 0.270 e. The van der Waals surface area contributed by atoms with E-state index in [-0.39, 0.29) is 5.91 Å². The maximum atomic E-state index is 13.0. The van der Waals surface area contributed by atoms with Crippen LogP contribution in [0, 0.1) is 0 Å². The third kappa shape index (κ3) is 4.37. The average molecular weight is 435 g/mol. The summed E-state index contributed by atoms with van der Waals surface area (Å²) in [5.41, 5.74) is 2.35. The van der Waals surface area contributed by atoms with Gasteiger partial charge in [0.05, 0.1) is 23.4 Å². The molecule has 5 nitrogen and oxygen atoms in total. The number of benzene rings is 2. The van der Waals surface area contributed by atoms with E-state index in [9.17, 15) is 4.79 Å². The Labute approximate surface area is 184 Å². The van der Waals surface area contributed by atoms with Crippen LogP contribution in [0.15, 0.2) is 77.8 Å². The molecule has 0 radical (unpaired) electrons. The van der Waals surface area contributed by atoms with Gasteiger partial charge in [0.15, 0.2) is 4.32 Å². The summed E-state index contributed by atoms with van der Waals surface area (Å²) >= 11 is 6.73. The highest BCUT2D eigenvalue weighted by molar-refractivity contribution is 8.27. The molecule has 1 saturated heterocycles. The number of hydrogen-bond acceptors (Lipinski definition) is 6. The molecular weight excluding hydrogens is 416 g/mol. The average Bonchev–Trinajstić information content (AvgIpc) is 3.06. The molecule has 0 bridgehead atoms. The van der Waals surface area contributed by atoms with Crippen molar-refractivity contribution in [1.29, 1.82) is 0 Å². The number of anilines is 1. The molecule has 0 saturated carbocycles. The monoisotopic (exact) mass is 434 g/mol. The number of para-hydroxylation sites is 1. The largest absolute Gasteiger partial charge is 0.497 e. The molecule has 0 aliphatic carbocycles. The van der Waals surface area contributed by atoms with E-state index >= 15 is 0 Å². The molecule has 30 heavy (non-hydrogen) atoms. The third-order valence-corrected chi connectivity index (χ3v) is 5.73. The highest BCUT2D eigenvalue weighted by Crippen LogP contribution is 2.37. The summed E-state index contributed by atoms with van der Waals surface area (Å²) < 4.78 is 11.6. The van der Waals surface area contributed by atoms with Crippen LogP contribution in [-0.4, -0.2) is 22.3 Å². The fourth-order valence-corrected chi connectivity index (χ4v) is 4.22. The summed E-state index contributed by atoms with van der Waals surface area (Å²) in [4.78, 5) is 19.4. The molecule has 1 aliphatic heterocycles. The topological polar surface area (TPSA) is 51.7 Å². The number of ether oxygens (including phenoxy) is 2. The van der Waals surface area contributed by atoms with E-state index in [1.54, 1.807) is 25.4 Å². The predicted octanol–water partition coefficient (Wildman–Crippen LogP) is 5.08. The maximum Gasteiger partial charge on any atom is 0.270 e. The lowest BCUT2D eigenvalue weighted by Crippen LogP contribution is -2.27. The van der Waals surface area contributed by atoms with E-state index < -0.39 is 0 Å². The van der Waals surface area contributed by atoms with Gasteiger partial charge in [0.25, 0.3) is 5.91 Å². The normalized spacial score (nSPS) is 15.0. The number of pyridine rings is 1. The number of methoxy groups -OCH3 is 1. The molecule has 4 rings (SSSR count). The SMILES string of the molecule is COc1ccc(N2C(=O)/C(=C\c3ccccc3OCc3ccccn3)SC2=S)cc1. The zero-order valence-electron chi connectivity index (χ0n) is 16.1. The maximum absolute atomic E-state index is 13.0. The van der Waals surface area contributed by atoms with Gasteiger partial charge in [-0.3, -0.25) is 14.7 Å². The Morgan fingerprint density at radius 1 is 1.07 bits per heavy atom. The van der Waals surface area contributed by atoms with Crippen molar-refractivity contribution >= 4 is 46.0 Å². The van der Waals surface area contributed by atoms with E-state index in [2.05, 4.69) is 4.98 Å². The summed E-state index contributed by atoms with van der Waals surface area (Å²) in [6, 6.07) is 20.5. The van der Waals surface area contributed by atoms with E-state index in [4.69, 9.17) is 21.7 Å². The third-order valence-electron chi connectivity index (χ3n) is 4.43. The highest BCUT2D eigenvalue weighted by atomic mass is 32.2. The Morgan fingerprint density at radius 3 is 2.57 bits per heavy atom. The van der Waals surface area contributed by atoms with Crippen molar-refractivity contribution in [2.24, 2.45) is 0 Å². The van der Waals surface area contributed by atoms with Crippen LogP contribution < -0.4 is 14.4 Å². The number of amides is 1. The Hall–Kier alpha value is -3.16. The zero-order valence-corrected chi connectivity index (χ0v) is 17.8. The highest BCUT2D eigenvalue weighted by Gasteiger charge is 2.33. The molecule has 2 heterocycles. The number of nitrogens with zero attached hydrogens (tertiary/aromatic N) is 2. The van der Waals surface area contributed by atoms with Gasteiger partial charge >= 0.3 is 0 Å². The number of aromatic nitrogens is 1. The summed E-state index contributed by atoms with van der Waals surface area (Å²) in [6.45, 7) is 0.346. The number of rotatable bonds is 6. The molecular formula is C23H18N2O3S2. The molecule has 150 valence electrons. The molecule has 1 amide bonds. The van der Waals surface area contributed by atoms with Crippen LogP contribution in [0.25, 0.3) is 6.08 Å². The minimum atomic E-state index is -0.158. The van der Waals surface area contributed by atoms with Gasteiger partial charge in [-0.2, -0.15) is 0 Å². The first-order valence-electron chi connectivity index (χ1n) is 9.19. The van der Waals surface area contributed by atoms with Crippen LogP contribution in [0.5, 0.6) is 11.5 Å². The first-order chi connectivity index (χ1) is 14.7. The first-order valence-corrected chi connectivity index (χ1v) is 10.4. The van der Waals surface area contributed by atoms with Gasteiger partial charge in [-0.25, -0.2) is 0 Å². The summed E-state index contributed by atoms with van der Waals surface area (Å²) in [7, 11) is 1.60. The minimum absolute atomic E-state index is 0.158. The van der Waals surface area contributed by atoms with Gasteiger partial charge in [0, 0.05) is 11.8 Å². The van der Waals surface area contributed by atoms with Crippen LogP contribution in [0.3, 0.4) is 0 Å². The van der Waals surface area contributed by atoms with Crippen LogP contribution >= 0.6 is 24.0 Å². The van der Waals surface area contributed by atoms with Gasteiger partial charge in [-0.05, 0) is 48.5 Å². The molecule has 1 aliphatic rings. The van der Waals surface area contributed by atoms with E-state index in [1.807, 2.05) is 60.7 Å². The van der Waals surface area contributed by atoms with Gasteiger partial charge < -0.3 is 9.47 Å². The number of carbonyl (C=O) groups is 1. The Kier molecular flexibility index (Phi) is 6.11. The van der Waals surface area contributed by atoms with Crippen molar-refractivity contribution in [2.45, 2.75) is 6.61 Å². The molecule has 1 aromatic heterocycles. The Balaban J connectivity index is 1.56.